The molecule has 0 saturated heterocycles. The van der Waals surface area contributed by atoms with Crippen LogP contribution in [0.4, 0.5) is 0 Å². The average Bonchev–Trinajstić information content (AvgIpc) is 3.26. The maximum absolute atomic E-state index is 12.4. The summed E-state index contributed by atoms with van der Waals surface area (Å²) in [5.74, 6) is -0.619. The predicted octanol–water partition coefficient (Wildman–Crippen LogP) is 3.42. The van der Waals surface area contributed by atoms with Crippen LogP contribution in [0.2, 0.25) is 0 Å². The molecule has 5 nitrogen and oxygen atoms in total. The van der Waals surface area contributed by atoms with Crippen molar-refractivity contribution in [1.29, 1.82) is 0 Å². The van der Waals surface area contributed by atoms with E-state index in [1.807, 2.05) is 41.5 Å². The third kappa shape index (κ3) is 4.97. The number of rotatable bonds is 4. The van der Waals surface area contributed by atoms with Crippen LogP contribution in [0.5, 0.6) is 5.75 Å². The van der Waals surface area contributed by atoms with Gasteiger partial charge in [-0.3, -0.25) is 4.79 Å². The van der Waals surface area contributed by atoms with Gasteiger partial charge in [0.1, 0.15) is 5.75 Å². The number of amides is 1. The van der Waals surface area contributed by atoms with Gasteiger partial charge in [-0.25, -0.2) is 4.79 Å². The molecule has 1 aliphatic carbocycles. The molecule has 0 radical (unpaired) electrons. The molecule has 0 unspecified atom stereocenters. The third-order valence-electron chi connectivity index (χ3n) is 4.24. The fourth-order valence-electron chi connectivity index (χ4n) is 2.61. The lowest BCUT2D eigenvalue weighted by atomic mass is 9.78. The van der Waals surface area contributed by atoms with Crippen molar-refractivity contribution in [2.45, 2.75) is 71.3 Å². The molecule has 2 N–H and O–H groups in total. The molecule has 0 aromatic heterocycles. The first-order valence-corrected chi connectivity index (χ1v) is 8.74. The van der Waals surface area contributed by atoms with Gasteiger partial charge in [0.2, 0.25) is 0 Å². The zero-order chi connectivity index (χ0) is 19.0. The fraction of sp³-hybridized carbons (Fsp3) is 0.600. The lowest BCUT2D eigenvalue weighted by Crippen LogP contribution is -2.30. The van der Waals surface area contributed by atoms with Gasteiger partial charge in [-0.15, -0.1) is 0 Å². The van der Waals surface area contributed by atoms with Crippen LogP contribution in [0.15, 0.2) is 12.1 Å². The molecule has 0 aliphatic heterocycles. The number of phenols is 1. The van der Waals surface area contributed by atoms with Gasteiger partial charge in [-0.2, -0.15) is 0 Å². The molecule has 1 aromatic carbocycles. The van der Waals surface area contributed by atoms with E-state index in [0.717, 1.165) is 12.8 Å². The van der Waals surface area contributed by atoms with E-state index in [-0.39, 0.29) is 35.1 Å². The van der Waals surface area contributed by atoms with Crippen LogP contribution < -0.4 is 5.32 Å². The molecule has 138 valence electrons. The van der Waals surface area contributed by atoms with Crippen molar-refractivity contribution in [2.75, 3.05) is 6.61 Å². The molecule has 1 saturated carbocycles. The molecule has 1 aliphatic rings. The minimum atomic E-state index is -0.554. The Morgan fingerprint density at radius 2 is 1.56 bits per heavy atom. The molecule has 0 heterocycles. The summed E-state index contributed by atoms with van der Waals surface area (Å²) >= 11 is 0. The molecule has 1 fully saturated rings. The van der Waals surface area contributed by atoms with Crippen molar-refractivity contribution in [3.8, 4) is 5.75 Å². The average molecular weight is 347 g/mol. The number of esters is 1. The molecular weight excluding hydrogens is 318 g/mol. The van der Waals surface area contributed by atoms with Gasteiger partial charge in [0, 0.05) is 17.2 Å². The minimum absolute atomic E-state index is 0.211. The number of ether oxygens (including phenoxy) is 1. The normalized spacial score (nSPS) is 15.0. The first kappa shape index (κ1) is 19.3. The maximum atomic E-state index is 12.4. The largest absolute Gasteiger partial charge is 0.507 e. The predicted molar refractivity (Wildman–Crippen MR) is 97.0 cm³/mol. The highest BCUT2D eigenvalue weighted by Crippen LogP contribution is 2.39. The van der Waals surface area contributed by atoms with E-state index in [1.165, 1.54) is 0 Å². The molecule has 0 bridgehead atoms. The molecule has 2 rings (SSSR count). The van der Waals surface area contributed by atoms with Crippen molar-refractivity contribution in [3.63, 3.8) is 0 Å². The summed E-state index contributed by atoms with van der Waals surface area (Å²) in [6, 6.07) is 3.55. The highest BCUT2D eigenvalue weighted by molar-refractivity contribution is 5.92. The van der Waals surface area contributed by atoms with E-state index in [4.69, 9.17) is 4.74 Å². The second-order valence-corrected chi connectivity index (χ2v) is 8.84. The molecule has 1 amide bonds. The van der Waals surface area contributed by atoms with Gasteiger partial charge in [-0.1, -0.05) is 41.5 Å². The van der Waals surface area contributed by atoms with Crippen LogP contribution in [0.3, 0.4) is 0 Å². The van der Waals surface area contributed by atoms with E-state index >= 15 is 0 Å². The Morgan fingerprint density at radius 1 is 1.08 bits per heavy atom. The van der Waals surface area contributed by atoms with Crippen molar-refractivity contribution in [3.05, 3.63) is 28.8 Å². The lowest BCUT2D eigenvalue weighted by Gasteiger charge is -2.27. The third-order valence-corrected chi connectivity index (χ3v) is 4.24. The summed E-state index contributed by atoms with van der Waals surface area (Å²) in [5.41, 5.74) is 1.07. The van der Waals surface area contributed by atoms with Gasteiger partial charge in [0.25, 0.3) is 5.91 Å². The highest BCUT2D eigenvalue weighted by Gasteiger charge is 2.28. The smallest absolute Gasteiger partial charge is 0.338 e. The second kappa shape index (κ2) is 6.70. The van der Waals surface area contributed by atoms with E-state index in [2.05, 4.69) is 5.32 Å². The van der Waals surface area contributed by atoms with Crippen LogP contribution in [-0.4, -0.2) is 29.6 Å². The number of hydrogen-bond donors (Lipinski definition) is 2. The number of carbonyl (C=O) groups excluding carboxylic acids is 2. The fourth-order valence-corrected chi connectivity index (χ4v) is 2.61. The number of nitrogens with one attached hydrogen (secondary N) is 1. The minimum Gasteiger partial charge on any atom is -0.507 e. The second-order valence-electron chi connectivity index (χ2n) is 8.84. The Morgan fingerprint density at radius 3 is 1.96 bits per heavy atom. The Hall–Kier alpha value is -2.04. The van der Waals surface area contributed by atoms with Crippen LogP contribution in [0.1, 0.15) is 75.9 Å². The number of carbonyl (C=O) groups is 2. The Balaban J connectivity index is 2.26. The standard InChI is InChI=1S/C20H29NO4/c1-19(2,3)14-9-12(10-15(17(14)23)20(4,5)6)18(24)25-11-16(22)21-13-7-8-13/h9-10,13,23H,7-8,11H2,1-6H3,(H,21,22). The van der Waals surface area contributed by atoms with Gasteiger partial charge in [0.05, 0.1) is 5.56 Å². The Bertz CT molecular complexity index is 641. The van der Waals surface area contributed by atoms with Crippen LogP contribution in [0, 0.1) is 0 Å². The topological polar surface area (TPSA) is 75.6 Å². The summed E-state index contributed by atoms with van der Waals surface area (Å²) in [6.07, 6.45) is 1.98. The monoisotopic (exact) mass is 347 g/mol. The Kier molecular flexibility index (Phi) is 5.17. The molecule has 0 atom stereocenters. The van der Waals surface area contributed by atoms with Gasteiger partial charge < -0.3 is 15.2 Å². The van der Waals surface area contributed by atoms with E-state index in [9.17, 15) is 14.7 Å². The highest BCUT2D eigenvalue weighted by atomic mass is 16.5. The molecule has 1 aromatic rings. The summed E-state index contributed by atoms with van der Waals surface area (Å²) in [4.78, 5) is 24.1. The van der Waals surface area contributed by atoms with Crippen molar-refractivity contribution >= 4 is 11.9 Å². The van der Waals surface area contributed by atoms with Crippen LogP contribution in [-0.2, 0) is 20.4 Å². The molecule has 25 heavy (non-hydrogen) atoms. The zero-order valence-corrected chi connectivity index (χ0v) is 16.0. The van der Waals surface area contributed by atoms with E-state index in [0.29, 0.717) is 16.7 Å². The van der Waals surface area contributed by atoms with Crippen LogP contribution >= 0.6 is 0 Å². The van der Waals surface area contributed by atoms with Crippen molar-refractivity contribution in [2.24, 2.45) is 0 Å². The van der Waals surface area contributed by atoms with Crippen molar-refractivity contribution in [1.82, 2.24) is 5.32 Å². The number of benzene rings is 1. The summed E-state index contributed by atoms with van der Waals surface area (Å²) in [6.45, 7) is 11.6. The van der Waals surface area contributed by atoms with E-state index < -0.39 is 5.97 Å². The molecule has 5 heteroatoms. The molecule has 0 spiro atoms. The molecular formula is C20H29NO4. The number of hydrogen-bond acceptors (Lipinski definition) is 4. The summed E-state index contributed by atoms with van der Waals surface area (Å²) in [7, 11) is 0. The zero-order valence-electron chi connectivity index (χ0n) is 16.0. The lowest BCUT2D eigenvalue weighted by molar-refractivity contribution is -0.124. The van der Waals surface area contributed by atoms with Gasteiger partial charge in [0.15, 0.2) is 6.61 Å². The van der Waals surface area contributed by atoms with E-state index in [1.54, 1.807) is 12.1 Å². The maximum Gasteiger partial charge on any atom is 0.338 e. The summed E-state index contributed by atoms with van der Waals surface area (Å²) in [5, 5.41) is 13.5. The SMILES string of the molecule is CC(C)(C)c1cc(C(=O)OCC(=O)NC2CC2)cc(C(C)(C)C)c1O. The van der Waals surface area contributed by atoms with Crippen LogP contribution in [0.25, 0.3) is 0 Å². The summed E-state index contributed by atoms with van der Waals surface area (Å²) < 4.78 is 5.16. The van der Waals surface area contributed by atoms with Crippen molar-refractivity contribution < 1.29 is 19.4 Å². The number of phenolic OH excluding ortho intramolecular Hbond substituents is 1. The first-order valence-electron chi connectivity index (χ1n) is 8.74. The quantitative estimate of drug-likeness (QED) is 0.818. The van der Waals surface area contributed by atoms with Gasteiger partial charge >= 0.3 is 5.97 Å². The Labute approximate surface area is 149 Å². The first-order chi connectivity index (χ1) is 11.4. The van der Waals surface area contributed by atoms with Gasteiger partial charge in [-0.05, 0) is 35.8 Å². The number of aromatic hydroxyl groups is 1.